The maximum atomic E-state index is 11.7. The molecule has 0 aromatic carbocycles. The van der Waals surface area contributed by atoms with Crippen molar-refractivity contribution in [2.45, 2.75) is 90.9 Å². The molecule has 0 saturated carbocycles. The van der Waals surface area contributed by atoms with E-state index in [1.165, 1.54) is 69.4 Å². The molecule has 0 aliphatic heterocycles. The van der Waals surface area contributed by atoms with E-state index in [1.807, 2.05) is 0 Å². The Bertz CT molecular complexity index is 285. The van der Waals surface area contributed by atoms with Crippen molar-refractivity contribution in [3.63, 3.8) is 0 Å². The molecule has 0 amide bonds. The van der Waals surface area contributed by atoms with E-state index in [0.717, 1.165) is 37.2 Å². The second-order valence-electron chi connectivity index (χ2n) is 5.85. The molecule has 0 fully saturated rings. The molecule has 0 heterocycles. The Kier molecular flexibility index (Phi) is 24.0. The van der Waals surface area contributed by atoms with E-state index in [0.29, 0.717) is 0 Å². The molecule has 0 bridgehead atoms. The van der Waals surface area contributed by atoms with E-state index in [4.69, 9.17) is 12.2 Å². The van der Waals surface area contributed by atoms with Gasteiger partial charge < -0.3 is 27.7 Å². The van der Waals surface area contributed by atoms with Gasteiger partial charge in [0, 0.05) is 0 Å². The van der Waals surface area contributed by atoms with Gasteiger partial charge in [0.05, 0.1) is 0 Å². The molecule has 139 valence electrons. The fourth-order valence-electron chi connectivity index (χ4n) is 2.42. The van der Waals surface area contributed by atoms with Gasteiger partial charge >= 0.3 is 27.8 Å². The number of unbranched alkanes of at least 4 members (excludes halogenated alkanes) is 10. The van der Waals surface area contributed by atoms with Gasteiger partial charge in [-0.05, 0) is 24.3 Å². The van der Waals surface area contributed by atoms with Crippen LogP contribution < -0.4 is 9.79 Å². The van der Waals surface area contributed by atoms with E-state index in [-0.39, 0.29) is 0 Å². The zero-order chi connectivity index (χ0) is 18.0. The van der Waals surface area contributed by atoms with Gasteiger partial charge in [-0.2, -0.15) is 0 Å². The average Bonchev–Trinajstić information content (AvgIpc) is 2.52. The predicted octanol–water partition coefficient (Wildman–Crippen LogP) is 4.92. The third kappa shape index (κ3) is 20.1. The number of rotatable bonds is 14. The van der Waals surface area contributed by atoms with Crippen molar-refractivity contribution in [2.75, 3.05) is 11.5 Å². The van der Waals surface area contributed by atoms with Gasteiger partial charge in [-0.25, -0.2) is 10.1 Å². The first-order valence-corrected chi connectivity index (χ1v) is 16.5. The molecule has 0 saturated heterocycles. The Labute approximate surface area is 167 Å². The van der Waals surface area contributed by atoms with Crippen molar-refractivity contribution >= 4 is 37.8 Å². The van der Waals surface area contributed by atoms with Crippen LogP contribution in [0.1, 0.15) is 90.9 Å². The molecule has 0 aromatic rings. The summed E-state index contributed by atoms with van der Waals surface area (Å²) in [6.45, 7) is 4.42. The van der Waals surface area contributed by atoms with Gasteiger partial charge in [0.1, 0.15) is 0 Å². The van der Waals surface area contributed by atoms with Crippen LogP contribution in [0.2, 0.25) is 0 Å². The second-order valence-corrected chi connectivity index (χ2v) is 13.6. The first kappa shape index (κ1) is 27.2. The Morgan fingerprint density at radius 2 is 1.04 bits per heavy atom. The zero-order valence-electron chi connectivity index (χ0n) is 14.8. The molecule has 0 N–H and O–H groups in total. The Hall–Kier alpha value is 1.96. The normalized spacial score (nSPS) is 11.5. The fraction of sp³-hybridized carbons (Fsp3) is 1.00. The Balaban J connectivity index is 0. The standard InChI is InChI=1S/C16H34O2PS2.Mo.S/c1-3-5-7-9-11-13-15-21(19(17,18)20)16-14-12-10-8-6-4-2;;/h3-16H2,1-2H3;;/q-3;+3;. The summed E-state index contributed by atoms with van der Waals surface area (Å²) in [6.07, 6.45) is 14.5. The topological polar surface area (TPSA) is 46.1 Å². The van der Waals surface area contributed by atoms with Gasteiger partial charge in [-0.1, -0.05) is 78.1 Å². The molecule has 0 rings (SSSR count). The Morgan fingerprint density at radius 1 is 0.739 bits per heavy atom. The zero-order valence-corrected chi connectivity index (χ0v) is 20.1. The molecule has 0 aromatic heterocycles. The summed E-state index contributed by atoms with van der Waals surface area (Å²) in [5.41, 5.74) is -3.54. The number of hydrogen-bond donors (Lipinski definition) is 0. The summed E-state index contributed by atoms with van der Waals surface area (Å²) < 4.78 is 0. The third-order valence-corrected chi connectivity index (χ3v) is 10.8. The maximum absolute atomic E-state index is 11.7. The van der Waals surface area contributed by atoms with Crippen LogP contribution in [0.4, 0.5) is 0 Å². The minimum atomic E-state index is -3.54. The van der Waals surface area contributed by atoms with Crippen LogP contribution in [0.3, 0.4) is 0 Å². The van der Waals surface area contributed by atoms with Crippen molar-refractivity contribution in [3.05, 3.63) is 0 Å². The van der Waals surface area contributed by atoms with Crippen molar-refractivity contribution < 1.29 is 27.8 Å². The Morgan fingerprint density at radius 3 is 1.35 bits per heavy atom. The van der Waals surface area contributed by atoms with E-state index in [9.17, 15) is 9.79 Å². The van der Waals surface area contributed by atoms with Crippen LogP contribution in [-0.4, -0.2) is 11.5 Å². The summed E-state index contributed by atoms with van der Waals surface area (Å²) in [5.74, 6) is 1.62. The molecular weight excluding hydrogens is 447 g/mol. The van der Waals surface area contributed by atoms with Crippen LogP contribution >= 0.6 is 15.5 Å². The van der Waals surface area contributed by atoms with Gasteiger partial charge in [-0.15, -0.1) is 0 Å². The van der Waals surface area contributed by atoms with Crippen LogP contribution in [-0.2, 0) is 40.3 Å². The molecule has 0 spiro atoms. The average molecular weight is 482 g/mol. The summed E-state index contributed by atoms with van der Waals surface area (Å²) in [7, 11) is 3.55. The third-order valence-electron chi connectivity index (χ3n) is 3.78. The fourth-order valence-corrected chi connectivity index (χ4v) is 7.61. The number of hydrogen-bond acceptors (Lipinski definition) is 4. The van der Waals surface area contributed by atoms with E-state index < -0.39 is 15.8 Å². The SMILES string of the molecule is CCCCCCCCS(CCCCCCCC)=P([O-])([O-])[S-].[S]=[Mo+3]. The van der Waals surface area contributed by atoms with Gasteiger partial charge in [0.2, 0.25) is 0 Å². The molecule has 0 unspecified atom stereocenters. The molecular formula is C16H34MoO2PS3. The molecule has 0 aliphatic rings. The van der Waals surface area contributed by atoms with Gasteiger partial charge in [-0.3, -0.25) is 0 Å². The summed E-state index contributed by atoms with van der Waals surface area (Å²) in [4.78, 5) is 23.4. The molecule has 23 heavy (non-hydrogen) atoms. The van der Waals surface area contributed by atoms with Crippen molar-refractivity contribution in [1.29, 1.82) is 0 Å². The quantitative estimate of drug-likeness (QED) is 0.153. The minimum absolute atomic E-state index is 0.541. The molecule has 0 radical (unpaired) electrons. The molecule has 0 aliphatic carbocycles. The summed E-state index contributed by atoms with van der Waals surface area (Å²) in [6, 6.07) is 0. The van der Waals surface area contributed by atoms with Crippen molar-refractivity contribution in [1.82, 2.24) is 0 Å². The first-order valence-electron chi connectivity index (χ1n) is 8.89. The monoisotopic (exact) mass is 483 g/mol. The van der Waals surface area contributed by atoms with Crippen molar-refractivity contribution in [3.8, 4) is 0 Å². The summed E-state index contributed by atoms with van der Waals surface area (Å²) >= 11 is 6.29. The van der Waals surface area contributed by atoms with Crippen LogP contribution in [0.5, 0.6) is 0 Å². The van der Waals surface area contributed by atoms with Gasteiger partial charge in [0.25, 0.3) is 0 Å². The van der Waals surface area contributed by atoms with E-state index >= 15 is 0 Å². The van der Waals surface area contributed by atoms with Crippen LogP contribution in [0, 0.1) is 0 Å². The van der Waals surface area contributed by atoms with Crippen LogP contribution in [0.25, 0.3) is 0 Å². The van der Waals surface area contributed by atoms with Crippen LogP contribution in [0.15, 0.2) is 0 Å². The van der Waals surface area contributed by atoms with E-state index in [2.05, 4.69) is 23.7 Å². The second kappa shape index (κ2) is 20.3. The predicted molar refractivity (Wildman–Crippen MR) is 106 cm³/mol. The molecule has 7 heteroatoms. The van der Waals surface area contributed by atoms with Crippen molar-refractivity contribution in [2.24, 2.45) is 0 Å². The first-order chi connectivity index (χ1) is 11.0. The van der Waals surface area contributed by atoms with Gasteiger partial charge in [0.15, 0.2) is 0 Å². The molecule has 0 atom stereocenters. The summed E-state index contributed by atoms with van der Waals surface area (Å²) in [5, 5.41) is 0. The van der Waals surface area contributed by atoms with E-state index in [1.54, 1.807) is 0 Å². The molecule has 2 nitrogen and oxygen atoms in total.